The van der Waals surface area contributed by atoms with Crippen molar-refractivity contribution in [1.82, 2.24) is 4.31 Å². The lowest BCUT2D eigenvalue weighted by molar-refractivity contribution is 0.322. The van der Waals surface area contributed by atoms with Gasteiger partial charge in [-0.05, 0) is 36.6 Å². The van der Waals surface area contributed by atoms with Gasteiger partial charge in [0.2, 0.25) is 10.0 Å². The number of nitrogens with zero attached hydrogens (tertiary/aromatic N) is 2. The molecule has 0 saturated carbocycles. The highest BCUT2D eigenvalue weighted by molar-refractivity contribution is 7.89. The molecule has 118 valence electrons. The van der Waals surface area contributed by atoms with Gasteiger partial charge in [0.1, 0.15) is 0 Å². The molecule has 0 fully saturated rings. The average Bonchev–Trinajstić information content (AvgIpc) is 2.43. The molecule has 21 heavy (non-hydrogen) atoms. The molecule has 6 nitrogen and oxygen atoms in total. The van der Waals surface area contributed by atoms with Crippen molar-refractivity contribution in [2.24, 2.45) is 16.8 Å². The summed E-state index contributed by atoms with van der Waals surface area (Å²) in [5, 5.41) is 11.5. The predicted molar refractivity (Wildman–Crippen MR) is 83.1 cm³/mol. The predicted octanol–water partition coefficient (Wildman–Crippen LogP) is 1.49. The molecule has 0 heterocycles. The Morgan fingerprint density at radius 3 is 2.71 bits per heavy atom. The molecule has 0 spiro atoms. The lowest BCUT2D eigenvalue weighted by Gasteiger charge is -2.24. The Hall–Kier alpha value is -1.44. The van der Waals surface area contributed by atoms with Crippen LogP contribution in [0.25, 0.3) is 0 Å². The van der Waals surface area contributed by atoms with Crippen LogP contribution in [-0.2, 0) is 10.0 Å². The average molecular weight is 313 g/mol. The third-order valence-electron chi connectivity index (χ3n) is 2.88. The zero-order valence-electron chi connectivity index (χ0n) is 12.4. The summed E-state index contributed by atoms with van der Waals surface area (Å²) in [7, 11) is -3.57. The maximum atomic E-state index is 12.7. The van der Waals surface area contributed by atoms with E-state index in [-0.39, 0.29) is 10.8 Å². The van der Waals surface area contributed by atoms with Crippen molar-refractivity contribution < 1.29 is 13.6 Å². The molecule has 1 rings (SSSR count). The number of benzene rings is 1. The van der Waals surface area contributed by atoms with E-state index in [1.54, 1.807) is 18.2 Å². The monoisotopic (exact) mass is 313 g/mol. The zero-order valence-corrected chi connectivity index (χ0v) is 13.3. The van der Waals surface area contributed by atoms with Crippen LogP contribution in [0.3, 0.4) is 0 Å². The van der Waals surface area contributed by atoms with E-state index in [1.165, 1.54) is 16.6 Å². The SMILES string of the molecule is CC(C)CN(CCCN)S(=O)(=O)c1cccc(/C=N/O)c1. The molecule has 0 bridgehead atoms. The number of hydrogen-bond acceptors (Lipinski definition) is 5. The Morgan fingerprint density at radius 1 is 1.43 bits per heavy atom. The van der Waals surface area contributed by atoms with Gasteiger partial charge in [0.05, 0.1) is 11.1 Å². The number of oxime groups is 1. The van der Waals surface area contributed by atoms with Crippen molar-refractivity contribution in [3.05, 3.63) is 29.8 Å². The van der Waals surface area contributed by atoms with Crippen LogP contribution in [0, 0.1) is 5.92 Å². The first-order valence-corrected chi connectivity index (χ1v) is 8.33. The summed E-state index contributed by atoms with van der Waals surface area (Å²) in [5.41, 5.74) is 6.02. The highest BCUT2D eigenvalue weighted by Gasteiger charge is 2.24. The summed E-state index contributed by atoms with van der Waals surface area (Å²) in [5.74, 6) is 0.222. The normalized spacial score (nSPS) is 12.6. The Kier molecular flexibility index (Phi) is 6.80. The molecule has 7 heteroatoms. The first-order valence-electron chi connectivity index (χ1n) is 6.89. The van der Waals surface area contributed by atoms with E-state index in [1.807, 2.05) is 13.8 Å². The molecule has 3 N–H and O–H groups in total. The van der Waals surface area contributed by atoms with Crippen molar-refractivity contribution >= 4 is 16.2 Å². The molecular formula is C14H23N3O3S. The maximum absolute atomic E-state index is 12.7. The van der Waals surface area contributed by atoms with Crippen LogP contribution in [0.4, 0.5) is 0 Å². The Labute approximate surface area is 126 Å². The van der Waals surface area contributed by atoms with Crippen molar-refractivity contribution in [3.63, 3.8) is 0 Å². The summed E-state index contributed by atoms with van der Waals surface area (Å²) < 4.78 is 26.9. The fraction of sp³-hybridized carbons (Fsp3) is 0.500. The first kappa shape index (κ1) is 17.6. The van der Waals surface area contributed by atoms with Gasteiger partial charge in [-0.3, -0.25) is 0 Å². The van der Waals surface area contributed by atoms with Crippen LogP contribution in [0.5, 0.6) is 0 Å². The van der Waals surface area contributed by atoms with E-state index in [4.69, 9.17) is 10.9 Å². The van der Waals surface area contributed by atoms with E-state index in [0.717, 1.165) is 0 Å². The van der Waals surface area contributed by atoms with Gasteiger partial charge < -0.3 is 10.9 Å². The minimum atomic E-state index is -3.57. The second kappa shape index (κ2) is 8.11. The standard InChI is InChI=1S/C14H23N3O3S/c1-12(2)11-17(8-4-7-15)21(19,20)14-6-3-5-13(9-14)10-16-18/h3,5-6,9-10,12,18H,4,7-8,11,15H2,1-2H3/b16-10+. The van der Waals surface area contributed by atoms with Gasteiger partial charge in [0.15, 0.2) is 0 Å². The first-order chi connectivity index (χ1) is 9.91. The number of hydrogen-bond donors (Lipinski definition) is 2. The summed E-state index contributed by atoms with van der Waals surface area (Å²) in [4.78, 5) is 0.192. The second-order valence-electron chi connectivity index (χ2n) is 5.22. The van der Waals surface area contributed by atoms with Crippen LogP contribution in [0.2, 0.25) is 0 Å². The zero-order chi connectivity index (χ0) is 15.9. The van der Waals surface area contributed by atoms with Crippen LogP contribution in [0.15, 0.2) is 34.3 Å². The molecule has 0 aromatic heterocycles. The van der Waals surface area contributed by atoms with Gasteiger partial charge in [0, 0.05) is 13.1 Å². The Balaban J connectivity index is 3.11. The van der Waals surface area contributed by atoms with Crippen molar-refractivity contribution in [1.29, 1.82) is 0 Å². The summed E-state index contributed by atoms with van der Waals surface area (Å²) in [6, 6.07) is 6.33. The molecule has 1 aromatic rings. The minimum Gasteiger partial charge on any atom is -0.411 e. The van der Waals surface area contributed by atoms with Crippen molar-refractivity contribution in [2.45, 2.75) is 25.2 Å². The second-order valence-corrected chi connectivity index (χ2v) is 7.15. The van der Waals surface area contributed by atoms with Gasteiger partial charge in [-0.1, -0.05) is 31.1 Å². The Morgan fingerprint density at radius 2 is 2.14 bits per heavy atom. The van der Waals surface area contributed by atoms with Crippen molar-refractivity contribution in [2.75, 3.05) is 19.6 Å². The van der Waals surface area contributed by atoms with Gasteiger partial charge in [-0.15, -0.1) is 0 Å². The lowest BCUT2D eigenvalue weighted by Crippen LogP contribution is -2.35. The molecule has 0 atom stereocenters. The molecule has 0 aliphatic heterocycles. The fourth-order valence-corrected chi connectivity index (χ4v) is 3.65. The van der Waals surface area contributed by atoms with E-state index in [2.05, 4.69) is 5.16 Å². The molecule has 0 unspecified atom stereocenters. The highest BCUT2D eigenvalue weighted by atomic mass is 32.2. The number of rotatable bonds is 8. The molecule has 0 radical (unpaired) electrons. The topological polar surface area (TPSA) is 96.0 Å². The summed E-state index contributed by atoms with van der Waals surface area (Å²) in [6.07, 6.45) is 1.81. The molecule has 1 aromatic carbocycles. The van der Waals surface area contributed by atoms with E-state index in [0.29, 0.717) is 31.6 Å². The van der Waals surface area contributed by atoms with Crippen LogP contribution in [0.1, 0.15) is 25.8 Å². The van der Waals surface area contributed by atoms with Gasteiger partial charge in [0.25, 0.3) is 0 Å². The van der Waals surface area contributed by atoms with E-state index < -0.39 is 10.0 Å². The number of sulfonamides is 1. The maximum Gasteiger partial charge on any atom is 0.243 e. The van der Waals surface area contributed by atoms with Gasteiger partial charge >= 0.3 is 0 Å². The fourth-order valence-electron chi connectivity index (χ4n) is 1.96. The summed E-state index contributed by atoms with van der Waals surface area (Å²) >= 11 is 0. The largest absolute Gasteiger partial charge is 0.411 e. The Bertz CT molecular complexity index is 571. The summed E-state index contributed by atoms with van der Waals surface area (Å²) in [6.45, 7) is 5.23. The molecule has 0 amide bonds. The quantitative estimate of drug-likeness (QED) is 0.432. The van der Waals surface area contributed by atoms with E-state index in [9.17, 15) is 8.42 Å². The van der Waals surface area contributed by atoms with E-state index >= 15 is 0 Å². The smallest absolute Gasteiger partial charge is 0.243 e. The molecule has 0 saturated heterocycles. The third kappa shape index (κ3) is 5.11. The lowest BCUT2D eigenvalue weighted by atomic mass is 10.2. The van der Waals surface area contributed by atoms with Gasteiger partial charge in [-0.2, -0.15) is 4.31 Å². The van der Waals surface area contributed by atoms with Crippen LogP contribution in [-0.4, -0.2) is 43.8 Å². The minimum absolute atomic E-state index is 0.192. The van der Waals surface area contributed by atoms with Crippen LogP contribution < -0.4 is 5.73 Å². The van der Waals surface area contributed by atoms with Gasteiger partial charge in [-0.25, -0.2) is 8.42 Å². The highest BCUT2D eigenvalue weighted by Crippen LogP contribution is 2.18. The van der Waals surface area contributed by atoms with Crippen molar-refractivity contribution in [3.8, 4) is 0 Å². The molecule has 0 aliphatic rings. The number of nitrogens with two attached hydrogens (primary N) is 1. The third-order valence-corrected chi connectivity index (χ3v) is 4.74. The molecular weight excluding hydrogens is 290 g/mol. The molecule has 0 aliphatic carbocycles. The van der Waals surface area contributed by atoms with Crippen LogP contribution >= 0.6 is 0 Å².